The minimum atomic E-state index is -0.987. The molecule has 2 fully saturated rings. The Balaban J connectivity index is 1.40. The molecule has 0 spiro atoms. The first-order chi connectivity index (χ1) is 13.4. The van der Waals surface area contributed by atoms with Crippen molar-refractivity contribution < 1.29 is 18.4 Å². The number of hydrogen-bond donors (Lipinski definition) is 1. The van der Waals surface area contributed by atoms with E-state index >= 15 is 0 Å². The van der Waals surface area contributed by atoms with Crippen molar-refractivity contribution in [2.45, 2.75) is 32.2 Å². The zero-order valence-corrected chi connectivity index (χ0v) is 16.3. The fourth-order valence-electron chi connectivity index (χ4n) is 3.83. The highest BCUT2D eigenvalue weighted by Crippen LogP contribution is 2.17. The smallest absolute Gasteiger partial charge is 0.238 e. The van der Waals surface area contributed by atoms with Crippen LogP contribution in [0.1, 0.15) is 26.2 Å². The number of anilines is 1. The van der Waals surface area contributed by atoms with Gasteiger partial charge in [-0.15, -0.1) is 0 Å². The Labute approximate surface area is 164 Å². The number of carbonyl (C=O) groups excluding carboxylic acids is 2. The van der Waals surface area contributed by atoms with E-state index in [1.54, 1.807) is 0 Å². The number of likely N-dealkylation sites (tertiary alicyclic amines) is 1. The second kappa shape index (κ2) is 9.43. The van der Waals surface area contributed by atoms with Gasteiger partial charge in [-0.2, -0.15) is 0 Å². The molecule has 0 unspecified atom stereocenters. The highest BCUT2D eigenvalue weighted by atomic mass is 19.2. The molecule has 0 bridgehead atoms. The van der Waals surface area contributed by atoms with Gasteiger partial charge in [-0.25, -0.2) is 8.78 Å². The predicted octanol–water partition coefficient (Wildman–Crippen LogP) is 1.92. The van der Waals surface area contributed by atoms with Crippen LogP contribution in [0.5, 0.6) is 0 Å². The molecule has 0 aliphatic carbocycles. The van der Waals surface area contributed by atoms with Gasteiger partial charge in [-0.3, -0.25) is 19.4 Å². The standard InChI is InChI=1S/C20H28F2N4O2/c1-15-4-2-3-7-26(15)20(28)14-25-10-8-24(9-11-25)13-19(27)23-16-5-6-17(21)18(22)12-16/h5-6,12,15H,2-4,7-11,13-14H2,1H3,(H,23,27)/t15-/m1/s1. The van der Waals surface area contributed by atoms with E-state index in [1.807, 2.05) is 9.80 Å². The largest absolute Gasteiger partial charge is 0.339 e. The lowest BCUT2D eigenvalue weighted by Gasteiger charge is -2.37. The monoisotopic (exact) mass is 394 g/mol. The fourth-order valence-corrected chi connectivity index (χ4v) is 3.83. The summed E-state index contributed by atoms with van der Waals surface area (Å²) >= 11 is 0. The van der Waals surface area contributed by atoms with Crippen LogP contribution in [0.25, 0.3) is 0 Å². The van der Waals surface area contributed by atoms with Crippen molar-refractivity contribution in [1.29, 1.82) is 0 Å². The molecule has 1 N–H and O–H groups in total. The van der Waals surface area contributed by atoms with E-state index in [0.717, 1.165) is 44.6 Å². The van der Waals surface area contributed by atoms with Gasteiger partial charge in [-0.05, 0) is 38.3 Å². The molecule has 2 saturated heterocycles. The Bertz CT molecular complexity index is 707. The van der Waals surface area contributed by atoms with E-state index in [1.165, 1.54) is 12.5 Å². The number of nitrogens with one attached hydrogen (secondary N) is 1. The molecule has 0 aromatic heterocycles. The zero-order chi connectivity index (χ0) is 20.1. The van der Waals surface area contributed by atoms with Gasteiger partial charge in [0.2, 0.25) is 11.8 Å². The summed E-state index contributed by atoms with van der Waals surface area (Å²) in [4.78, 5) is 30.8. The van der Waals surface area contributed by atoms with Crippen LogP contribution in [-0.4, -0.2) is 78.4 Å². The molecule has 2 amide bonds. The summed E-state index contributed by atoms with van der Waals surface area (Å²) in [6.45, 7) is 6.41. The number of piperidine rings is 1. The number of rotatable bonds is 5. The number of piperazine rings is 1. The number of benzene rings is 1. The van der Waals surface area contributed by atoms with Gasteiger partial charge in [0.25, 0.3) is 0 Å². The Morgan fingerprint density at radius 1 is 1.00 bits per heavy atom. The quantitative estimate of drug-likeness (QED) is 0.829. The molecule has 1 aromatic carbocycles. The summed E-state index contributed by atoms with van der Waals surface area (Å²) in [6.07, 6.45) is 3.35. The van der Waals surface area contributed by atoms with Crippen LogP contribution in [0.3, 0.4) is 0 Å². The van der Waals surface area contributed by atoms with Crippen molar-refractivity contribution in [2.24, 2.45) is 0 Å². The van der Waals surface area contributed by atoms with Crippen molar-refractivity contribution in [3.8, 4) is 0 Å². The minimum Gasteiger partial charge on any atom is -0.339 e. The van der Waals surface area contributed by atoms with Gasteiger partial charge in [0.15, 0.2) is 11.6 Å². The first-order valence-corrected chi connectivity index (χ1v) is 9.91. The molecular formula is C20H28F2N4O2. The molecule has 0 saturated carbocycles. The summed E-state index contributed by atoms with van der Waals surface area (Å²) < 4.78 is 26.2. The number of amides is 2. The number of halogens is 2. The van der Waals surface area contributed by atoms with Gasteiger partial charge in [0.1, 0.15) is 0 Å². The van der Waals surface area contributed by atoms with Crippen LogP contribution in [0.15, 0.2) is 18.2 Å². The lowest BCUT2D eigenvalue weighted by molar-refractivity contribution is -0.136. The van der Waals surface area contributed by atoms with Crippen molar-refractivity contribution >= 4 is 17.5 Å². The molecule has 0 radical (unpaired) electrons. The number of carbonyl (C=O) groups is 2. The van der Waals surface area contributed by atoms with Crippen LogP contribution >= 0.6 is 0 Å². The van der Waals surface area contributed by atoms with E-state index in [4.69, 9.17) is 0 Å². The predicted molar refractivity (Wildman–Crippen MR) is 103 cm³/mol. The van der Waals surface area contributed by atoms with Crippen LogP contribution < -0.4 is 5.32 Å². The van der Waals surface area contributed by atoms with E-state index < -0.39 is 11.6 Å². The topological polar surface area (TPSA) is 55.9 Å². The SMILES string of the molecule is C[C@@H]1CCCCN1C(=O)CN1CCN(CC(=O)Nc2ccc(F)c(F)c2)CC1. The van der Waals surface area contributed by atoms with Gasteiger partial charge in [-0.1, -0.05) is 0 Å². The van der Waals surface area contributed by atoms with Crippen molar-refractivity contribution in [1.82, 2.24) is 14.7 Å². The summed E-state index contributed by atoms with van der Waals surface area (Å²) in [5.74, 6) is -2.00. The zero-order valence-electron chi connectivity index (χ0n) is 16.3. The van der Waals surface area contributed by atoms with E-state index in [2.05, 4.69) is 17.1 Å². The lowest BCUT2D eigenvalue weighted by atomic mass is 10.0. The average molecular weight is 394 g/mol. The molecule has 2 heterocycles. The Hall–Kier alpha value is -2.06. The van der Waals surface area contributed by atoms with Crippen molar-refractivity contribution in [3.05, 3.63) is 29.8 Å². The molecule has 6 nitrogen and oxygen atoms in total. The van der Waals surface area contributed by atoms with Gasteiger partial charge in [0.05, 0.1) is 13.1 Å². The molecule has 8 heteroatoms. The van der Waals surface area contributed by atoms with E-state index in [0.29, 0.717) is 25.7 Å². The van der Waals surface area contributed by atoms with Crippen molar-refractivity contribution in [2.75, 3.05) is 51.1 Å². The summed E-state index contributed by atoms with van der Waals surface area (Å²) in [5, 5.41) is 2.59. The van der Waals surface area contributed by atoms with Crippen molar-refractivity contribution in [3.63, 3.8) is 0 Å². The molecule has 3 rings (SSSR count). The molecule has 1 aromatic rings. The molecular weight excluding hydrogens is 366 g/mol. The highest BCUT2D eigenvalue weighted by molar-refractivity contribution is 5.92. The summed E-state index contributed by atoms with van der Waals surface area (Å²) in [7, 11) is 0. The molecule has 1 atom stereocenters. The molecule has 28 heavy (non-hydrogen) atoms. The van der Waals surface area contributed by atoms with Crippen LogP contribution in [0, 0.1) is 11.6 Å². The third-order valence-electron chi connectivity index (χ3n) is 5.52. The van der Waals surface area contributed by atoms with Gasteiger partial charge < -0.3 is 10.2 Å². The summed E-state index contributed by atoms with van der Waals surface area (Å²) in [5.41, 5.74) is 0.240. The average Bonchev–Trinajstić information content (AvgIpc) is 2.66. The Morgan fingerprint density at radius 3 is 2.32 bits per heavy atom. The minimum absolute atomic E-state index is 0.184. The van der Waals surface area contributed by atoms with Crippen LogP contribution in [-0.2, 0) is 9.59 Å². The molecule has 154 valence electrons. The van der Waals surface area contributed by atoms with E-state index in [9.17, 15) is 18.4 Å². The second-order valence-corrected chi connectivity index (χ2v) is 7.66. The maximum absolute atomic E-state index is 13.2. The van der Waals surface area contributed by atoms with Crippen LogP contribution in [0.2, 0.25) is 0 Å². The number of hydrogen-bond acceptors (Lipinski definition) is 4. The lowest BCUT2D eigenvalue weighted by Crippen LogP contribution is -2.53. The van der Waals surface area contributed by atoms with E-state index in [-0.39, 0.29) is 24.0 Å². The summed E-state index contributed by atoms with van der Waals surface area (Å²) in [6, 6.07) is 3.62. The molecule has 2 aliphatic heterocycles. The third-order valence-corrected chi connectivity index (χ3v) is 5.52. The third kappa shape index (κ3) is 5.48. The maximum atomic E-state index is 13.2. The number of nitrogens with zero attached hydrogens (tertiary/aromatic N) is 3. The van der Waals surface area contributed by atoms with Crippen LogP contribution in [0.4, 0.5) is 14.5 Å². The maximum Gasteiger partial charge on any atom is 0.238 e. The fraction of sp³-hybridized carbons (Fsp3) is 0.600. The first kappa shape index (κ1) is 20.7. The second-order valence-electron chi connectivity index (χ2n) is 7.66. The van der Waals surface area contributed by atoms with Gasteiger partial charge >= 0.3 is 0 Å². The Kier molecular flexibility index (Phi) is 6.96. The molecule has 2 aliphatic rings. The normalized spacial score (nSPS) is 21.5. The van der Waals surface area contributed by atoms with Gasteiger partial charge in [0, 0.05) is 50.5 Å². The first-order valence-electron chi connectivity index (χ1n) is 9.91. The highest BCUT2D eigenvalue weighted by Gasteiger charge is 2.26. The Morgan fingerprint density at radius 2 is 1.68 bits per heavy atom.